The Balaban J connectivity index is 1.79. The molecule has 3 aliphatic rings. The molecule has 5 atom stereocenters. The SMILES string of the molecule is C=CCN(C(=O)[C@@H]1[C@H]2C(=O)N(CCO)C(C(=O)N(CC=C)C(C)C)C23CC[C@@]1(C)O3)c1ccccc1. The van der Waals surface area contributed by atoms with E-state index in [-0.39, 0.29) is 43.5 Å². The lowest BCUT2D eigenvalue weighted by Gasteiger charge is -2.38. The molecule has 194 valence electrons. The minimum Gasteiger partial charge on any atom is -0.395 e. The molecule has 2 unspecified atom stereocenters. The Hall–Kier alpha value is -2.97. The number of para-hydroxylation sites is 1. The lowest BCUT2D eigenvalue weighted by molar-refractivity contribution is -0.152. The third-order valence-corrected chi connectivity index (χ3v) is 8.00. The van der Waals surface area contributed by atoms with Crippen LogP contribution in [0.15, 0.2) is 55.6 Å². The summed E-state index contributed by atoms with van der Waals surface area (Å²) in [4.78, 5) is 46.9. The van der Waals surface area contributed by atoms with Crippen molar-refractivity contribution in [3.63, 3.8) is 0 Å². The molecule has 3 aliphatic heterocycles. The molecule has 36 heavy (non-hydrogen) atoms. The maximum absolute atomic E-state index is 14.2. The largest absolute Gasteiger partial charge is 0.395 e. The number of hydrogen-bond donors (Lipinski definition) is 1. The van der Waals surface area contributed by atoms with Crippen LogP contribution in [0.25, 0.3) is 0 Å². The number of carbonyl (C=O) groups is 3. The molecule has 8 heteroatoms. The fraction of sp³-hybridized carbons (Fsp3) is 0.536. The summed E-state index contributed by atoms with van der Waals surface area (Å²) in [5, 5.41) is 9.80. The molecule has 3 amide bonds. The summed E-state index contributed by atoms with van der Waals surface area (Å²) in [5.74, 6) is -2.33. The number of likely N-dealkylation sites (tertiary alicyclic amines) is 1. The van der Waals surface area contributed by atoms with Gasteiger partial charge >= 0.3 is 0 Å². The minimum absolute atomic E-state index is 0.00353. The fourth-order valence-corrected chi connectivity index (χ4v) is 6.51. The lowest BCUT2D eigenvalue weighted by atomic mass is 9.66. The first-order valence-electron chi connectivity index (χ1n) is 12.7. The molecular weight excluding hydrogens is 458 g/mol. The molecule has 1 aromatic carbocycles. The van der Waals surface area contributed by atoms with Crippen molar-refractivity contribution in [2.45, 2.75) is 56.9 Å². The molecule has 0 saturated carbocycles. The normalized spacial score (nSPS) is 30.4. The number of nitrogens with zero attached hydrogens (tertiary/aromatic N) is 3. The van der Waals surface area contributed by atoms with Gasteiger partial charge in [-0.2, -0.15) is 0 Å². The van der Waals surface area contributed by atoms with Crippen LogP contribution < -0.4 is 4.90 Å². The Morgan fingerprint density at radius 1 is 1.17 bits per heavy atom. The Morgan fingerprint density at radius 2 is 1.83 bits per heavy atom. The number of ether oxygens (including phenoxy) is 1. The van der Waals surface area contributed by atoms with Crippen LogP contribution in [0, 0.1) is 11.8 Å². The summed E-state index contributed by atoms with van der Waals surface area (Å²) in [6.07, 6.45) is 4.38. The number of fused-ring (bicyclic) bond motifs is 1. The number of benzene rings is 1. The zero-order valence-electron chi connectivity index (χ0n) is 21.4. The zero-order valence-corrected chi connectivity index (χ0v) is 21.4. The van der Waals surface area contributed by atoms with Gasteiger partial charge in [0.1, 0.15) is 11.6 Å². The molecule has 1 N–H and O–H groups in total. The average Bonchev–Trinajstić information content (AvgIpc) is 3.42. The highest BCUT2D eigenvalue weighted by atomic mass is 16.5. The average molecular weight is 496 g/mol. The quantitative estimate of drug-likeness (QED) is 0.504. The first-order valence-corrected chi connectivity index (χ1v) is 12.7. The Labute approximate surface area is 213 Å². The van der Waals surface area contributed by atoms with Crippen molar-refractivity contribution in [2.24, 2.45) is 11.8 Å². The highest BCUT2D eigenvalue weighted by Gasteiger charge is 2.78. The van der Waals surface area contributed by atoms with Gasteiger partial charge in [-0.1, -0.05) is 30.4 Å². The van der Waals surface area contributed by atoms with Crippen molar-refractivity contribution in [2.75, 3.05) is 31.1 Å². The van der Waals surface area contributed by atoms with Gasteiger partial charge in [-0.15, -0.1) is 13.2 Å². The minimum atomic E-state index is -1.12. The van der Waals surface area contributed by atoms with Gasteiger partial charge in [0.2, 0.25) is 17.7 Å². The van der Waals surface area contributed by atoms with E-state index in [0.29, 0.717) is 25.1 Å². The summed E-state index contributed by atoms with van der Waals surface area (Å²) in [6, 6.07) is 8.27. The van der Waals surface area contributed by atoms with Gasteiger partial charge in [0.05, 0.1) is 24.0 Å². The van der Waals surface area contributed by atoms with Gasteiger partial charge in [-0.3, -0.25) is 14.4 Å². The second-order valence-electron chi connectivity index (χ2n) is 10.4. The molecule has 3 fully saturated rings. The van der Waals surface area contributed by atoms with Gasteiger partial charge in [-0.25, -0.2) is 0 Å². The molecule has 4 rings (SSSR count). The second kappa shape index (κ2) is 9.82. The van der Waals surface area contributed by atoms with E-state index in [2.05, 4.69) is 13.2 Å². The van der Waals surface area contributed by atoms with Gasteiger partial charge < -0.3 is 24.5 Å². The van der Waals surface area contributed by atoms with Gasteiger partial charge in [0, 0.05) is 31.4 Å². The number of aliphatic hydroxyl groups is 1. The maximum atomic E-state index is 14.2. The van der Waals surface area contributed by atoms with Crippen LogP contribution in [0.5, 0.6) is 0 Å². The van der Waals surface area contributed by atoms with Gasteiger partial charge in [0.15, 0.2) is 0 Å². The number of amides is 3. The third-order valence-electron chi connectivity index (χ3n) is 8.00. The van der Waals surface area contributed by atoms with Crippen LogP contribution in [-0.4, -0.2) is 82.2 Å². The molecule has 8 nitrogen and oxygen atoms in total. The van der Waals surface area contributed by atoms with E-state index >= 15 is 0 Å². The van der Waals surface area contributed by atoms with E-state index in [1.165, 1.54) is 4.90 Å². The molecule has 1 aromatic rings. The smallest absolute Gasteiger partial charge is 0.248 e. The van der Waals surface area contributed by atoms with Crippen LogP contribution >= 0.6 is 0 Å². The predicted molar refractivity (Wildman–Crippen MR) is 137 cm³/mol. The highest BCUT2D eigenvalue weighted by molar-refractivity contribution is 6.03. The number of anilines is 1. The van der Waals surface area contributed by atoms with E-state index in [4.69, 9.17) is 4.74 Å². The number of hydrogen-bond acceptors (Lipinski definition) is 5. The molecule has 2 bridgehead atoms. The lowest BCUT2D eigenvalue weighted by Crippen LogP contribution is -2.57. The number of carbonyl (C=O) groups excluding carboxylic acids is 3. The van der Waals surface area contributed by atoms with Gasteiger partial charge in [-0.05, 0) is 45.7 Å². The van der Waals surface area contributed by atoms with Crippen molar-refractivity contribution < 1.29 is 24.2 Å². The van der Waals surface area contributed by atoms with E-state index < -0.39 is 29.1 Å². The van der Waals surface area contributed by atoms with E-state index in [1.54, 1.807) is 22.0 Å². The summed E-state index contributed by atoms with van der Waals surface area (Å²) < 4.78 is 6.67. The van der Waals surface area contributed by atoms with Crippen LogP contribution in [0.2, 0.25) is 0 Å². The first kappa shape index (κ1) is 26.1. The third kappa shape index (κ3) is 3.87. The second-order valence-corrected chi connectivity index (χ2v) is 10.4. The Morgan fingerprint density at radius 3 is 2.42 bits per heavy atom. The van der Waals surface area contributed by atoms with Gasteiger partial charge in [0.25, 0.3) is 0 Å². The van der Waals surface area contributed by atoms with Crippen molar-refractivity contribution in [1.82, 2.24) is 9.80 Å². The molecule has 3 heterocycles. The Kier molecular flexibility index (Phi) is 7.12. The first-order chi connectivity index (χ1) is 17.2. The molecule has 0 aromatic heterocycles. The molecule has 3 saturated heterocycles. The summed E-state index contributed by atoms with van der Waals surface area (Å²) >= 11 is 0. The standard InChI is InChI=1S/C28H37N3O5/c1-6-15-29(19(3)4)26(35)23-28-14-13-27(5,36-28)21(22(28)25(34)31(23)17-18-32)24(33)30(16-7-2)20-11-9-8-10-12-20/h6-12,19,21-23,32H,1-2,13-18H2,3-5H3/t21-,22-,23?,27+,28?/m0/s1. The van der Waals surface area contributed by atoms with Crippen LogP contribution in [-0.2, 0) is 19.1 Å². The van der Waals surface area contributed by atoms with Crippen molar-refractivity contribution in [1.29, 1.82) is 0 Å². The van der Waals surface area contributed by atoms with Crippen molar-refractivity contribution in [3.8, 4) is 0 Å². The van der Waals surface area contributed by atoms with E-state index in [9.17, 15) is 19.5 Å². The highest BCUT2D eigenvalue weighted by Crippen LogP contribution is 2.63. The molecule has 0 radical (unpaired) electrons. The van der Waals surface area contributed by atoms with E-state index in [1.807, 2.05) is 51.1 Å². The summed E-state index contributed by atoms with van der Waals surface area (Å²) in [7, 11) is 0. The summed E-state index contributed by atoms with van der Waals surface area (Å²) in [6.45, 7) is 13.6. The maximum Gasteiger partial charge on any atom is 0.248 e. The molecular formula is C28H37N3O5. The van der Waals surface area contributed by atoms with Crippen molar-refractivity contribution in [3.05, 3.63) is 55.6 Å². The monoisotopic (exact) mass is 495 g/mol. The van der Waals surface area contributed by atoms with Crippen molar-refractivity contribution >= 4 is 23.4 Å². The molecule has 1 spiro atoms. The predicted octanol–water partition coefficient (Wildman–Crippen LogP) is 2.39. The fourth-order valence-electron chi connectivity index (χ4n) is 6.51. The Bertz CT molecular complexity index is 1040. The van der Waals surface area contributed by atoms with Crippen LogP contribution in [0.3, 0.4) is 0 Å². The molecule has 0 aliphatic carbocycles. The topological polar surface area (TPSA) is 90.4 Å². The van der Waals surface area contributed by atoms with E-state index in [0.717, 1.165) is 0 Å². The number of aliphatic hydroxyl groups excluding tert-OH is 1. The number of rotatable bonds is 10. The summed E-state index contributed by atoms with van der Waals surface area (Å²) in [5.41, 5.74) is -1.29. The van der Waals surface area contributed by atoms with Crippen LogP contribution in [0.1, 0.15) is 33.6 Å². The number of β-amino-alcohol motifs (C(OH)–C–C–N with tert-alkyl or cyclic N) is 1. The zero-order chi connectivity index (χ0) is 26.3. The van der Waals surface area contributed by atoms with Crippen LogP contribution in [0.4, 0.5) is 5.69 Å².